The molecule has 1 amide bonds. The number of nitrogen functional groups attached to an aromatic ring is 1. The summed E-state index contributed by atoms with van der Waals surface area (Å²) in [7, 11) is 0. The van der Waals surface area contributed by atoms with Crippen LogP contribution in [0, 0.1) is 5.41 Å². The van der Waals surface area contributed by atoms with Crippen LogP contribution in [0.15, 0.2) is 36.4 Å². The number of carbonyl (C=O) groups excluding carboxylic acids is 1. The van der Waals surface area contributed by atoms with Crippen LogP contribution in [0.2, 0.25) is 0 Å². The largest absolute Gasteiger partial charge is 0.398 e. The van der Waals surface area contributed by atoms with E-state index in [1.807, 2.05) is 36.4 Å². The second-order valence-electron chi connectivity index (χ2n) is 6.69. The molecule has 2 aromatic carbocycles. The Morgan fingerprint density at radius 3 is 2.52 bits per heavy atom. The predicted molar refractivity (Wildman–Crippen MR) is 87.2 cm³/mol. The van der Waals surface area contributed by atoms with Crippen molar-refractivity contribution in [2.24, 2.45) is 5.41 Å². The molecular formula is C18H22N2O. The number of hydrogen-bond donors (Lipinski definition) is 2. The van der Waals surface area contributed by atoms with Crippen molar-refractivity contribution in [2.75, 3.05) is 5.73 Å². The highest BCUT2D eigenvalue weighted by Gasteiger charge is 2.35. The topological polar surface area (TPSA) is 55.1 Å². The lowest BCUT2D eigenvalue weighted by molar-refractivity contribution is 0.0911. The summed E-state index contributed by atoms with van der Waals surface area (Å²) in [5.74, 6) is -0.0572. The number of carbonyl (C=O) groups is 1. The van der Waals surface area contributed by atoms with Crippen molar-refractivity contribution in [3.05, 3.63) is 42.0 Å². The van der Waals surface area contributed by atoms with E-state index in [0.29, 0.717) is 11.3 Å². The van der Waals surface area contributed by atoms with Crippen LogP contribution in [0.25, 0.3) is 10.8 Å². The molecule has 0 spiro atoms. The van der Waals surface area contributed by atoms with Gasteiger partial charge in [-0.05, 0) is 41.2 Å². The van der Waals surface area contributed by atoms with E-state index >= 15 is 0 Å². The molecule has 3 heteroatoms. The van der Waals surface area contributed by atoms with Crippen LogP contribution in [-0.4, -0.2) is 11.9 Å². The molecule has 1 unspecified atom stereocenters. The van der Waals surface area contributed by atoms with Crippen LogP contribution in [-0.2, 0) is 0 Å². The third-order valence-corrected chi connectivity index (χ3v) is 4.73. The fraction of sp³-hybridized carbons (Fsp3) is 0.389. The molecule has 0 heterocycles. The van der Waals surface area contributed by atoms with Crippen molar-refractivity contribution < 1.29 is 4.79 Å². The monoisotopic (exact) mass is 282 g/mol. The Labute approximate surface area is 125 Å². The molecule has 0 aliphatic heterocycles. The first kappa shape index (κ1) is 13.9. The highest BCUT2D eigenvalue weighted by molar-refractivity contribution is 6.04. The van der Waals surface area contributed by atoms with Crippen molar-refractivity contribution in [2.45, 2.75) is 39.2 Å². The van der Waals surface area contributed by atoms with Gasteiger partial charge in [0.25, 0.3) is 5.91 Å². The minimum absolute atomic E-state index is 0.0572. The zero-order valence-electron chi connectivity index (χ0n) is 12.6. The van der Waals surface area contributed by atoms with Crippen molar-refractivity contribution in [1.29, 1.82) is 0 Å². The van der Waals surface area contributed by atoms with Crippen LogP contribution < -0.4 is 11.1 Å². The van der Waals surface area contributed by atoms with Crippen molar-refractivity contribution in [1.82, 2.24) is 5.32 Å². The van der Waals surface area contributed by atoms with Crippen LogP contribution in [0.5, 0.6) is 0 Å². The zero-order chi connectivity index (χ0) is 15.0. The highest BCUT2D eigenvalue weighted by atomic mass is 16.1. The summed E-state index contributed by atoms with van der Waals surface area (Å²) in [6.07, 6.45) is 3.38. The van der Waals surface area contributed by atoms with Gasteiger partial charge in [-0.15, -0.1) is 0 Å². The maximum absolute atomic E-state index is 12.6. The maximum atomic E-state index is 12.6. The van der Waals surface area contributed by atoms with Crippen molar-refractivity contribution in [3.8, 4) is 0 Å². The number of fused-ring (bicyclic) bond motifs is 1. The number of hydrogen-bond acceptors (Lipinski definition) is 2. The summed E-state index contributed by atoms with van der Waals surface area (Å²) < 4.78 is 0. The van der Waals surface area contributed by atoms with E-state index in [4.69, 9.17) is 5.73 Å². The molecule has 0 radical (unpaired) electrons. The summed E-state index contributed by atoms with van der Waals surface area (Å²) in [4.78, 5) is 12.6. The second kappa shape index (κ2) is 5.06. The lowest BCUT2D eigenvalue weighted by Gasteiger charge is -2.28. The molecule has 1 atom stereocenters. The minimum atomic E-state index is -0.0572. The molecular weight excluding hydrogens is 260 g/mol. The first-order chi connectivity index (χ1) is 9.97. The number of nitrogens with one attached hydrogen (secondary N) is 1. The lowest BCUT2D eigenvalue weighted by Crippen LogP contribution is -2.41. The van der Waals surface area contributed by atoms with Gasteiger partial charge in [0.2, 0.25) is 0 Å². The van der Waals surface area contributed by atoms with Gasteiger partial charge in [0.15, 0.2) is 0 Å². The molecule has 1 aliphatic carbocycles. The van der Waals surface area contributed by atoms with E-state index in [2.05, 4.69) is 19.2 Å². The Balaban J connectivity index is 1.89. The third kappa shape index (κ3) is 2.60. The first-order valence-electron chi connectivity index (χ1n) is 7.56. The van der Waals surface area contributed by atoms with Crippen LogP contribution in [0.4, 0.5) is 5.69 Å². The Morgan fingerprint density at radius 1 is 1.24 bits per heavy atom. The quantitative estimate of drug-likeness (QED) is 0.825. The first-order valence-corrected chi connectivity index (χ1v) is 7.56. The fourth-order valence-corrected chi connectivity index (χ4v) is 3.28. The van der Waals surface area contributed by atoms with Crippen LogP contribution >= 0.6 is 0 Å². The van der Waals surface area contributed by atoms with E-state index in [-0.39, 0.29) is 17.4 Å². The van der Waals surface area contributed by atoms with E-state index in [1.165, 1.54) is 6.42 Å². The minimum Gasteiger partial charge on any atom is -0.398 e. The highest BCUT2D eigenvalue weighted by Crippen LogP contribution is 2.37. The molecule has 0 saturated heterocycles. The second-order valence-corrected chi connectivity index (χ2v) is 6.69. The van der Waals surface area contributed by atoms with Gasteiger partial charge in [-0.3, -0.25) is 4.79 Å². The molecule has 3 rings (SSSR count). The molecule has 21 heavy (non-hydrogen) atoms. The molecule has 3 nitrogen and oxygen atoms in total. The molecule has 2 aromatic rings. The molecule has 110 valence electrons. The van der Waals surface area contributed by atoms with Gasteiger partial charge in [0, 0.05) is 11.7 Å². The number of amides is 1. The van der Waals surface area contributed by atoms with Crippen molar-refractivity contribution >= 4 is 22.4 Å². The number of nitrogens with two attached hydrogens (primary N) is 1. The Hall–Kier alpha value is -2.03. The average molecular weight is 282 g/mol. The van der Waals surface area contributed by atoms with Crippen LogP contribution in [0.3, 0.4) is 0 Å². The maximum Gasteiger partial charge on any atom is 0.253 e. The van der Waals surface area contributed by atoms with E-state index in [9.17, 15) is 4.79 Å². The molecule has 1 aliphatic rings. The average Bonchev–Trinajstić information content (AvgIpc) is 2.77. The standard InChI is InChI=1S/C18H22N2O/c1-18(2)9-5-8-16(18)20-17(21)14-10-12-6-3-4-7-13(12)11-15(14)19/h3-4,6-7,10-11,16H,5,8-9,19H2,1-2H3,(H,20,21). The lowest BCUT2D eigenvalue weighted by atomic mass is 9.87. The summed E-state index contributed by atoms with van der Waals surface area (Å²) >= 11 is 0. The van der Waals surface area contributed by atoms with Crippen LogP contribution in [0.1, 0.15) is 43.5 Å². The van der Waals surface area contributed by atoms with Gasteiger partial charge in [0.1, 0.15) is 0 Å². The van der Waals surface area contributed by atoms with Gasteiger partial charge >= 0.3 is 0 Å². The van der Waals surface area contributed by atoms with E-state index < -0.39 is 0 Å². The van der Waals surface area contributed by atoms with Crippen molar-refractivity contribution in [3.63, 3.8) is 0 Å². The molecule has 1 saturated carbocycles. The van der Waals surface area contributed by atoms with E-state index in [0.717, 1.165) is 23.6 Å². The Kier molecular flexibility index (Phi) is 3.36. The number of benzene rings is 2. The van der Waals surface area contributed by atoms with Gasteiger partial charge in [-0.2, -0.15) is 0 Å². The number of rotatable bonds is 2. The summed E-state index contributed by atoms with van der Waals surface area (Å²) in [6, 6.07) is 12.0. The van der Waals surface area contributed by atoms with Gasteiger partial charge < -0.3 is 11.1 Å². The summed E-state index contributed by atoms with van der Waals surface area (Å²) in [5.41, 5.74) is 7.36. The zero-order valence-corrected chi connectivity index (χ0v) is 12.6. The Bertz CT molecular complexity index is 691. The Morgan fingerprint density at radius 2 is 1.90 bits per heavy atom. The third-order valence-electron chi connectivity index (χ3n) is 4.73. The van der Waals surface area contributed by atoms with Gasteiger partial charge in [0.05, 0.1) is 5.56 Å². The predicted octanol–water partition coefficient (Wildman–Crippen LogP) is 3.73. The fourth-order valence-electron chi connectivity index (χ4n) is 3.28. The molecule has 1 fully saturated rings. The molecule has 0 aromatic heterocycles. The van der Waals surface area contributed by atoms with Gasteiger partial charge in [-0.1, -0.05) is 44.5 Å². The van der Waals surface area contributed by atoms with E-state index in [1.54, 1.807) is 0 Å². The molecule has 0 bridgehead atoms. The SMILES string of the molecule is CC1(C)CCCC1NC(=O)c1cc2ccccc2cc1N. The smallest absolute Gasteiger partial charge is 0.253 e. The summed E-state index contributed by atoms with van der Waals surface area (Å²) in [5, 5.41) is 5.28. The summed E-state index contributed by atoms with van der Waals surface area (Å²) in [6.45, 7) is 4.43. The number of anilines is 1. The molecule has 3 N–H and O–H groups in total. The van der Waals surface area contributed by atoms with Gasteiger partial charge in [-0.25, -0.2) is 0 Å². The normalized spacial score (nSPS) is 20.6.